The molecule has 2 aromatic rings. The van der Waals surface area contributed by atoms with Crippen LogP contribution in [0.4, 0.5) is 0 Å². The van der Waals surface area contributed by atoms with Gasteiger partial charge in [0.25, 0.3) is 5.91 Å². The van der Waals surface area contributed by atoms with Crippen LogP contribution in [-0.2, 0) is 16.1 Å². The SMILES string of the molecule is COCCn1cc([C@H]2[C@H](CNC(=O)c3csnc3C)CC(=O)N2C(C)(C)C)cn1. The lowest BCUT2D eigenvalue weighted by molar-refractivity contribution is -0.133. The molecule has 2 aromatic heterocycles. The number of rotatable bonds is 7. The monoisotopic (exact) mass is 419 g/mol. The minimum atomic E-state index is -0.330. The van der Waals surface area contributed by atoms with Crippen molar-refractivity contribution in [3.8, 4) is 0 Å². The fourth-order valence-corrected chi connectivity index (χ4v) is 4.56. The van der Waals surface area contributed by atoms with E-state index in [2.05, 4.69) is 14.8 Å². The van der Waals surface area contributed by atoms with Gasteiger partial charge in [-0.15, -0.1) is 0 Å². The van der Waals surface area contributed by atoms with Crippen LogP contribution in [0.3, 0.4) is 0 Å². The fraction of sp³-hybridized carbons (Fsp3) is 0.600. The van der Waals surface area contributed by atoms with Gasteiger partial charge in [0, 0.05) is 48.7 Å². The summed E-state index contributed by atoms with van der Waals surface area (Å²) >= 11 is 1.27. The van der Waals surface area contributed by atoms with Crippen molar-refractivity contribution in [2.75, 3.05) is 20.3 Å². The molecule has 158 valence electrons. The number of carbonyl (C=O) groups is 2. The molecule has 0 spiro atoms. The number of methoxy groups -OCH3 is 1. The van der Waals surface area contributed by atoms with Gasteiger partial charge in [0.2, 0.25) is 5.91 Å². The molecule has 0 saturated carbocycles. The summed E-state index contributed by atoms with van der Waals surface area (Å²) in [6.07, 6.45) is 4.19. The zero-order chi connectivity index (χ0) is 21.2. The highest BCUT2D eigenvalue weighted by Crippen LogP contribution is 2.42. The lowest BCUT2D eigenvalue weighted by Gasteiger charge is -2.38. The lowest BCUT2D eigenvalue weighted by atomic mass is 9.93. The number of nitrogens with one attached hydrogen (secondary N) is 1. The normalized spacial score (nSPS) is 19.8. The Kier molecular flexibility index (Phi) is 6.38. The maximum absolute atomic E-state index is 12.9. The zero-order valence-corrected chi connectivity index (χ0v) is 18.5. The van der Waals surface area contributed by atoms with E-state index < -0.39 is 0 Å². The Morgan fingerprint density at radius 2 is 2.17 bits per heavy atom. The highest BCUT2D eigenvalue weighted by Gasteiger charge is 2.45. The molecule has 3 heterocycles. The van der Waals surface area contributed by atoms with Crippen LogP contribution in [-0.4, -0.2) is 56.7 Å². The predicted molar refractivity (Wildman–Crippen MR) is 111 cm³/mol. The van der Waals surface area contributed by atoms with E-state index in [9.17, 15) is 9.59 Å². The molecule has 2 atom stereocenters. The van der Waals surface area contributed by atoms with Crippen LogP contribution < -0.4 is 5.32 Å². The highest BCUT2D eigenvalue weighted by atomic mass is 32.1. The number of aromatic nitrogens is 3. The summed E-state index contributed by atoms with van der Waals surface area (Å²) in [7, 11) is 1.66. The quantitative estimate of drug-likeness (QED) is 0.744. The third kappa shape index (κ3) is 4.67. The van der Waals surface area contributed by atoms with Crippen molar-refractivity contribution >= 4 is 23.3 Å². The van der Waals surface area contributed by atoms with E-state index in [0.29, 0.717) is 31.7 Å². The molecule has 0 bridgehead atoms. The van der Waals surface area contributed by atoms with Crippen LogP contribution >= 0.6 is 11.5 Å². The highest BCUT2D eigenvalue weighted by molar-refractivity contribution is 7.03. The van der Waals surface area contributed by atoms with Crippen LogP contribution in [0.25, 0.3) is 0 Å². The minimum Gasteiger partial charge on any atom is -0.383 e. The molecular weight excluding hydrogens is 390 g/mol. The van der Waals surface area contributed by atoms with E-state index in [1.54, 1.807) is 12.5 Å². The number of likely N-dealkylation sites (tertiary alicyclic amines) is 1. The second kappa shape index (κ2) is 8.62. The summed E-state index contributed by atoms with van der Waals surface area (Å²) < 4.78 is 11.1. The third-order valence-corrected chi connectivity index (χ3v) is 5.91. The van der Waals surface area contributed by atoms with Crippen LogP contribution in [0, 0.1) is 12.8 Å². The van der Waals surface area contributed by atoms with E-state index in [0.717, 1.165) is 11.3 Å². The molecule has 9 heteroatoms. The van der Waals surface area contributed by atoms with Crippen molar-refractivity contribution in [2.45, 2.75) is 52.2 Å². The molecule has 0 aromatic carbocycles. The Hall–Kier alpha value is -2.26. The molecule has 1 aliphatic heterocycles. The number of ether oxygens (including phenoxy) is 1. The Balaban J connectivity index is 1.80. The van der Waals surface area contributed by atoms with E-state index >= 15 is 0 Å². The minimum absolute atomic E-state index is 0.0300. The van der Waals surface area contributed by atoms with Crippen molar-refractivity contribution in [3.63, 3.8) is 0 Å². The molecule has 1 fully saturated rings. The van der Waals surface area contributed by atoms with E-state index in [-0.39, 0.29) is 29.3 Å². The van der Waals surface area contributed by atoms with Crippen molar-refractivity contribution in [1.29, 1.82) is 0 Å². The van der Waals surface area contributed by atoms with Crippen molar-refractivity contribution in [1.82, 2.24) is 24.4 Å². The van der Waals surface area contributed by atoms with E-state index in [1.807, 2.05) is 49.7 Å². The predicted octanol–water partition coefficient (Wildman–Crippen LogP) is 2.41. The molecule has 2 amide bonds. The number of hydrogen-bond acceptors (Lipinski definition) is 6. The van der Waals surface area contributed by atoms with Gasteiger partial charge < -0.3 is 15.0 Å². The van der Waals surface area contributed by atoms with Crippen molar-refractivity contribution < 1.29 is 14.3 Å². The molecule has 0 unspecified atom stereocenters. The second-order valence-electron chi connectivity index (χ2n) is 8.40. The first kappa shape index (κ1) is 21.4. The zero-order valence-electron chi connectivity index (χ0n) is 17.6. The molecule has 3 rings (SSSR count). The van der Waals surface area contributed by atoms with E-state index in [1.165, 1.54) is 11.5 Å². The first-order valence-electron chi connectivity index (χ1n) is 9.75. The maximum atomic E-state index is 12.9. The van der Waals surface area contributed by atoms with Gasteiger partial charge in [0.15, 0.2) is 0 Å². The Bertz CT molecular complexity index is 870. The smallest absolute Gasteiger partial charge is 0.254 e. The molecule has 29 heavy (non-hydrogen) atoms. The van der Waals surface area contributed by atoms with E-state index in [4.69, 9.17) is 4.74 Å². The van der Waals surface area contributed by atoms with Crippen LogP contribution in [0.1, 0.15) is 54.8 Å². The first-order valence-corrected chi connectivity index (χ1v) is 10.6. The molecule has 8 nitrogen and oxygen atoms in total. The summed E-state index contributed by atoms with van der Waals surface area (Å²) in [5.41, 5.74) is 1.97. The molecule has 1 aliphatic rings. The van der Waals surface area contributed by atoms with Crippen LogP contribution in [0.15, 0.2) is 17.8 Å². The number of amides is 2. The number of carbonyl (C=O) groups excluding carboxylic acids is 2. The maximum Gasteiger partial charge on any atom is 0.254 e. The van der Waals surface area contributed by atoms with Crippen molar-refractivity contribution in [2.24, 2.45) is 5.92 Å². The standard InChI is InChI=1S/C20H29N5O3S/c1-13-16(12-29-23-13)19(27)21-9-14-8-17(26)25(20(2,3)4)18(14)15-10-22-24(11-15)6-7-28-5/h10-12,14,18H,6-9H2,1-5H3,(H,21,27)/t14-,18+/m0/s1. The van der Waals surface area contributed by atoms with Crippen molar-refractivity contribution in [3.05, 3.63) is 34.6 Å². The van der Waals surface area contributed by atoms with Gasteiger partial charge in [-0.05, 0) is 39.2 Å². The van der Waals surface area contributed by atoms with Gasteiger partial charge in [-0.25, -0.2) is 0 Å². The topological polar surface area (TPSA) is 89.3 Å². The summed E-state index contributed by atoms with van der Waals surface area (Å²) in [5.74, 6) is -0.0788. The summed E-state index contributed by atoms with van der Waals surface area (Å²) in [6, 6.07) is -0.138. The van der Waals surface area contributed by atoms with Gasteiger partial charge in [-0.1, -0.05) is 0 Å². The number of hydrogen-bond donors (Lipinski definition) is 1. The van der Waals surface area contributed by atoms with Gasteiger partial charge in [-0.3, -0.25) is 14.3 Å². The Labute approximate surface area is 175 Å². The molecule has 1 saturated heterocycles. The third-order valence-electron chi connectivity index (χ3n) is 5.19. The molecular formula is C20H29N5O3S. The summed E-state index contributed by atoms with van der Waals surface area (Å²) in [6.45, 7) is 9.57. The molecule has 0 aliphatic carbocycles. The average Bonchev–Trinajstić information content (AvgIpc) is 3.35. The van der Waals surface area contributed by atoms with Gasteiger partial charge in [0.05, 0.1) is 36.6 Å². The number of nitrogens with zero attached hydrogens (tertiary/aromatic N) is 4. The van der Waals surface area contributed by atoms with Gasteiger partial charge in [-0.2, -0.15) is 9.47 Å². The Morgan fingerprint density at radius 1 is 1.41 bits per heavy atom. The Morgan fingerprint density at radius 3 is 2.79 bits per heavy atom. The fourth-order valence-electron chi connectivity index (χ4n) is 3.87. The largest absolute Gasteiger partial charge is 0.383 e. The first-order chi connectivity index (χ1) is 13.7. The van der Waals surface area contributed by atoms with Gasteiger partial charge >= 0.3 is 0 Å². The van der Waals surface area contributed by atoms with Crippen LogP contribution in [0.2, 0.25) is 0 Å². The summed E-state index contributed by atoms with van der Waals surface area (Å²) in [5, 5.41) is 9.18. The molecule has 1 N–H and O–H groups in total. The van der Waals surface area contributed by atoms with Gasteiger partial charge in [0.1, 0.15) is 0 Å². The van der Waals surface area contributed by atoms with Crippen LogP contribution in [0.5, 0.6) is 0 Å². The average molecular weight is 420 g/mol. The summed E-state index contributed by atoms with van der Waals surface area (Å²) in [4.78, 5) is 27.3. The molecule has 0 radical (unpaired) electrons. The number of aryl methyl sites for hydroxylation is 1. The lowest BCUT2D eigenvalue weighted by Crippen LogP contribution is -2.44. The second-order valence-corrected chi connectivity index (χ2v) is 9.03.